The Hall–Kier alpha value is -2.64. The van der Waals surface area contributed by atoms with Gasteiger partial charge in [-0.05, 0) is 68.0 Å². The van der Waals surface area contributed by atoms with Crippen molar-refractivity contribution in [2.45, 2.75) is 13.8 Å². The standard InChI is InChI=1S/C20H22N4O2S/c1-13-11-15(12-18-19(25)22-20(27)21-18)14(2)24(13)17-5-3-16(4-6-17)23-7-9-26-10-8-23/h3-6,11-12H,7-10H2,1-2H3,(H2,21,22,25,27)/b18-12+. The highest BCUT2D eigenvalue weighted by molar-refractivity contribution is 7.80. The third-order valence-corrected chi connectivity index (χ3v) is 5.18. The van der Waals surface area contributed by atoms with Crippen LogP contribution >= 0.6 is 12.2 Å². The van der Waals surface area contributed by atoms with Crippen molar-refractivity contribution in [2.24, 2.45) is 0 Å². The van der Waals surface area contributed by atoms with E-state index in [0.29, 0.717) is 10.8 Å². The summed E-state index contributed by atoms with van der Waals surface area (Å²) in [6.07, 6.45) is 1.84. The molecule has 6 nitrogen and oxygen atoms in total. The minimum atomic E-state index is -0.195. The molecule has 4 rings (SSSR count). The van der Waals surface area contributed by atoms with Crippen molar-refractivity contribution in [1.82, 2.24) is 15.2 Å². The summed E-state index contributed by atoms with van der Waals surface area (Å²) in [7, 11) is 0. The first-order valence-electron chi connectivity index (χ1n) is 8.99. The van der Waals surface area contributed by atoms with Gasteiger partial charge in [0.05, 0.1) is 13.2 Å². The maximum atomic E-state index is 11.9. The number of aryl methyl sites for hydroxylation is 1. The molecule has 0 saturated carbocycles. The number of benzene rings is 1. The smallest absolute Gasteiger partial charge is 0.273 e. The number of hydrogen-bond acceptors (Lipinski definition) is 4. The SMILES string of the molecule is Cc1cc(/C=C2/NC(=S)NC2=O)c(C)n1-c1ccc(N2CCOCC2)cc1. The molecule has 7 heteroatoms. The zero-order chi connectivity index (χ0) is 19.0. The van der Waals surface area contributed by atoms with E-state index in [1.807, 2.05) is 6.08 Å². The summed E-state index contributed by atoms with van der Waals surface area (Å²) in [5, 5.41) is 5.83. The van der Waals surface area contributed by atoms with Crippen LogP contribution in [-0.4, -0.2) is 41.9 Å². The fraction of sp³-hybridized carbons (Fsp3) is 0.300. The number of morpholine rings is 1. The summed E-state index contributed by atoms with van der Waals surface area (Å²) in [6.45, 7) is 7.53. The second kappa shape index (κ2) is 7.17. The van der Waals surface area contributed by atoms with Crippen molar-refractivity contribution in [1.29, 1.82) is 0 Å². The number of amides is 1. The number of anilines is 1. The van der Waals surface area contributed by atoms with E-state index in [2.05, 4.69) is 64.3 Å². The maximum absolute atomic E-state index is 11.9. The highest BCUT2D eigenvalue weighted by Gasteiger charge is 2.21. The molecule has 1 amide bonds. The first kappa shape index (κ1) is 17.8. The van der Waals surface area contributed by atoms with Gasteiger partial charge in [0.25, 0.3) is 5.91 Å². The van der Waals surface area contributed by atoms with Gasteiger partial charge in [0.15, 0.2) is 5.11 Å². The topological polar surface area (TPSA) is 58.5 Å². The number of ether oxygens (including phenoxy) is 1. The zero-order valence-electron chi connectivity index (χ0n) is 15.4. The number of carbonyl (C=O) groups is 1. The van der Waals surface area contributed by atoms with Crippen LogP contribution in [0.5, 0.6) is 0 Å². The number of rotatable bonds is 3. The van der Waals surface area contributed by atoms with Gasteiger partial charge in [-0.1, -0.05) is 0 Å². The Morgan fingerprint density at radius 3 is 2.37 bits per heavy atom. The molecule has 2 aliphatic rings. The van der Waals surface area contributed by atoms with Gasteiger partial charge in [-0.25, -0.2) is 0 Å². The molecule has 0 atom stereocenters. The molecule has 3 heterocycles. The second-order valence-corrected chi connectivity index (χ2v) is 7.15. The summed E-state index contributed by atoms with van der Waals surface area (Å²) < 4.78 is 7.62. The van der Waals surface area contributed by atoms with Crippen molar-refractivity contribution in [3.8, 4) is 5.69 Å². The number of carbonyl (C=O) groups excluding carboxylic acids is 1. The minimum Gasteiger partial charge on any atom is -0.378 e. The Kier molecular flexibility index (Phi) is 4.72. The monoisotopic (exact) mass is 382 g/mol. The van der Waals surface area contributed by atoms with Gasteiger partial charge in [-0.3, -0.25) is 10.1 Å². The van der Waals surface area contributed by atoms with E-state index < -0.39 is 0 Å². The number of nitrogens with zero attached hydrogens (tertiary/aromatic N) is 2. The van der Waals surface area contributed by atoms with Gasteiger partial charge in [0.1, 0.15) is 5.70 Å². The van der Waals surface area contributed by atoms with E-state index >= 15 is 0 Å². The normalized spacial score (nSPS) is 18.7. The van der Waals surface area contributed by atoms with Gasteiger partial charge >= 0.3 is 0 Å². The third kappa shape index (κ3) is 3.48. The number of hydrogen-bond donors (Lipinski definition) is 2. The van der Waals surface area contributed by atoms with Crippen LogP contribution in [0, 0.1) is 13.8 Å². The highest BCUT2D eigenvalue weighted by atomic mass is 32.1. The van der Waals surface area contributed by atoms with Crippen LogP contribution in [-0.2, 0) is 9.53 Å². The highest BCUT2D eigenvalue weighted by Crippen LogP contribution is 2.25. The Bertz CT molecular complexity index is 924. The van der Waals surface area contributed by atoms with E-state index in [-0.39, 0.29) is 5.91 Å². The van der Waals surface area contributed by atoms with Crippen molar-refractivity contribution in [3.63, 3.8) is 0 Å². The van der Waals surface area contributed by atoms with Crippen LogP contribution in [0.15, 0.2) is 36.0 Å². The fourth-order valence-electron chi connectivity index (χ4n) is 3.60. The lowest BCUT2D eigenvalue weighted by Crippen LogP contribution is -2.36. The van der Waals surface area contributed by atoms with Gasteiger partial charge in [-0.2, -0.15) is 0 Å². The van der Waals surface area contributed by atoms with Crippen LogP contribution in [0.3, 0.4) is 0 Å². The van der Waals surface area contributed by atoms with Gasteiger partial charge in [0, 0.05) is 35.9 Å². The van der Waals surface area contributed by atoms with Crippen molar-refractivity contribution in [2.75, 3.05) is 31.2 Å². The predicted molar refractivity (Wildman–Crippen MR) is 110 cm³/mol. The molecule has 27 heavy (non-hydrogen) atoms. The first-order chi connectivity index (χ1) is 13.0. The van der Waals surface area contributed by atoms with Crippen LogP contribution in [0.2, 0.25) is 0 Å². The first-order valence-corrected chi connectivity index (χ1v) is 9.40. The molecular formula is C20H22N4O2S. The van der Waals surface area contributed by atoms with Crippen LogP contribution in [0.25, 0.3) is 11.8 Å². The molecule has 1 aromatic heterocycles. The lowest BCUT2D eigenvalue weighted by Gasteiger charge is -2.29. The Labute approximate surface area is 163 Å². The number of thiocarbonyl (C=S) groups is 1. The molecule has 2 aromatic rings. The summed E-state index contributed by atoms with van der Waals surface area (Å²) in [4.78, 5) is 14.2. The van der Waals surface area contributed by atoms with Crippen molar-refractivity contribution < 1.29 is 9.53 Å². The molecule has 0 bridgehead atoms. The number of aromatic nitrogens is 1. The fourth-order valence-corrected chi connectivity index (χ4v) is 3.81. The van der Waals surface area contributed by atoms with Gasteiger partial charge < -0.3 is 19.5 Å². The Morgan fingerprint density at radius 1 is 1.07 bits per heavy atom. The molecule has 1 aromatic carbocycles. The molecule has 140 valence electrons. The van der Waals surface area contributed by atoms with E-state index in [9.17, 15) is 4.79 Å². The zero-order valence-corrected chi connectivity index (χ0v) is 16.2. The molecule has 2 fully saturated rings. The van der Waals surface area contributed by atoms with Crippen molar-refractivity contribution in [3.05, 3.63) is 53.0 Å². The summed E-state index contributed by atoms with van der Waals surface area (Å²) >= 11 is 4.99. The molecule has 2 saturated heterocycles. The van der Waals surface area contributed by atoms with Gasteiger partial charge in [-0.15, -0.1) is 0 Å². The molecular weight excluding hydrogens is 360 g/mol. The van der Waals surface area contributed by atoms with E-state index in [0.717, 1.165) is 48.9 Å². The van der Waals surface area contributed by atoms with Crippen LogP contribution < -0.4 is 15.5 Å². The molecule has 0 aliphatic carbocycles. The minimum absolute atomic E-state index is 0.195. The van der Waals surface area contributed by atoms with Crippen LogP contribution in [0.4, 0.5) is 5.69 Å². The second-order valence-electron chi connectivity index (χ2n) is 6.74. The lowest BCUT2D eigenvalue weighted by atomic mass is 10.2. The van der Waals surface area contributed by atoms with Crippen molar-refractivity contribution >= 4 is 35.0 Å². The van der Waals surface area contributed by atoms with Crippen LogP contribution in [0.1, 0.15) is 17.0 Å². The molecule has 2 N–H and O–H groups in total. The average molecular weight is 382 g/mol. The summed E-state index contributed by atoms with van der Waals surface area (Å²) in [6, 6.07) is 10.7. The maximum Gasteiger partial charge on any atom is 0.273 e. The molecule has 0 unspecified atom stereocenters. The Balaban J connectivity index is 1.62. The van der Waals surface area contributed by atoms with E-state index in [1.54, 1.807) is 0 Å². The third-order valence-electron chi connectivity index (χ3n) is 4.97. The predicted octanol–water partition coefficient (Wildman–Crippen LogP) is 2.28. The van der Waals surface area contributed by atoms with E-state index in [1.165, 1.54) is 5.69 Å². The average Bonchev–Trinajstić information content (AvgIpc) is 3.13. The number of nitrogens with one attached hydrogen (secondary N) is 2. The Morgan fingerprint density at radius 2 is 1.74 bits per heavy atom. The molecule has 2 aliphatic heterocycles. The largest absolute Gasteiger partial charge is 0.378 e. The summed E-state index contributed by atoms with van der Waals surface area (Å²) in [5.74, 6) is -0.195. The summed E-state index contributed by atoms with van der Waals surface area (Å²) in [5.41, 5.74) is 5.97. The van der Waals surface area contributed by atoms with Gasteiger partial charge in [0.2, 0.25) is 0 Å². The molecule has 0 spiro atoms. The quantitative estimate of drug-likeness (QED) is 0.630. The molecule has 0 radical (unpaired) electrons. The lowest BCUT2D eigenvalue weighted by molar-refractivity contribution is -0.115. The van der Waals surface area contributed by atoms with E-state index in [4.69, 9.17) is 17.0 Å².